The number of rotatable bonds is 3. The molecule has 1 amide bonds. The number of aliphatic hydroxyl groups is 1. The Morgan fingerprint density at radius 3 is 2.93 bits per heavy atom. The highest BCUT2D eigenvalue weighted by Gasteiger charge is 2.25. The number of fused-ring (bicyclic) bond motifs is 2. The van der Waals surface area contributed by atoms with E-state index >= 15 is 0 Å². The topological polar surface area (TPSA) is 92.7 Å². The Balaban J connectivity index is 1.68. The quantitative estimate of drug-likeness (QED) is 0.745. The van der Waals surface area contributed by atoms with Crippen LogP contribution in [0.15, 0.2) is 35.3 Å². The minimum Gasteiger partial charge on any atom is -0.387 e. The summed E-state index contributed by atoms with van der Waals surface area (Å²) in [5.74, 6) is -0.331. The summed E-state index contributed by atoms with van der Waals surface area (Å²) in [4.78, 5) is 32.0. The Morgan fingerprint density at radius 2 is 2.14 bits per heavy atom. The van der Waals surface area contributed by atoms with Crippen molar-refractivity contribution in [3.8, 4) is 0 Å². The second-order valence-electron chi connectivity index (χ2n) is 7.13. The summed E-state index contributed by atoms with van der Waals surface area (Å²) in [5.41, 5.74) is 2.44. The zero-order chi connectivity index (χ0) is 19.8. The number of nitrogens with zero attached hydrogens (tertiary/aromatic N) is 5. The van der Waals surface area contributed by atoms with E-state index < -0.39 is 6.10 Å². The number of aliphatic hydroxyl groups excluding tert-OH is 1. The molecule has 1 aliphatic heterocycles. The number of carbonyl (C=O) groups excluding carboxylic acids is 1. The van der Waals surface area contributed by atoms with Crippen LogP contribution in [0.4, 0.5) is 0 Å². The van der Waals surface area contributed by atoms with Crippen molar-refractivity contribution in [1.82, 2.24) is 24.1 Å². The van der Waals surface area contributed by atoms with Crippen molar-refractivity contribution in [3.63, 3.8) is 0 Å². The van der Waals surface area contributed by atoms with E-state index in [-0.39, 0.29) is 17.0 Å². The molecule has 0 saturated heterocycles. The lowest BCUT2D eigenvalue weighted by atomic mass is 10.2. The van der Waals surface area contributed by atoms with Crippen molar-refractivity contribution < 1.29 is 9.90 Å². The molecule has 1 aliphatic rings. The predicted molar refractivity (Wildman–Crippen MR) is 103 cm³/mol. The largest absolute Gasteiger partial charge is 0.387 e. The number of hydrogen-bond acceptors (Lipinski definition) is 5. The fraction of sp³-hybridized carbons (Fsp3) is 0.400. The van der Waals surface area contributed by atoms with Crippen molar-refractivity contribution in [2.75, 3.05) is 6.54 Å². The Kier molecular flexibility index (Phi) is 4.72. The van der Waals surface area contributed by atoms with E-state index in [4.69, 9.17) is 0 Å². The summed E-state index contributed by atoms with van der Waals surface area (Å²) in [5, 5.41) is 14.5. The molecule has 0 spiro atoms. The molecule has 3 aromatic heterocycles. The van der Waals surface area contributed by atoms with Crippen LogP contribution in [0.1, 0.15) is 53.3 Å². The van der Waals surface area contributed by atoms with E-state index in [1.165, 1.54) is 10.6 Å². The average molecular weight is 381 g/mol. The van der Waals surface area contributed by atoms with Crippen molar-refractivity contribution >= 4 is 11.6 Å². The SMILES string of the molecule is CCC(O)c1cc2n(n1)CCCN(C(=O)c1cnc3cccc(C)n3c1=O)C2. The third-order valence-corrected chi connectivity index (χ3v) is 5.20. The van der Waals surface area contributed by atoms with Gasteiger partial charge in [0.2, 0.25) is 0 Å². The van der Waals surface area contributed by atoms with Gasteiger partial charge in [0.15, 0.2) is 0 Å². The molecular formula is C20H23N5O3. The summed E-state index contributed by atoms with van der Waals surface area (Å²) in [6.45, 7) is 5.26. The number of hydrogen-bond donors (Lipinski definition) is 1. The molecule has 0 radical (unpaired) electrons. The number of aryl methyl sites for hydroxylation is 2. The van der Waals surface area contributed by atoms with Gasteiger partial charge >= 0.3 is 0 Å². The molecule has 1 atom stereocenters. The van der Waals surface area contributed by atoms with Crippen LogP contribution in [-0.2, 0) is 13.1 Å². The van der Waals surface area contributed by atoms with E-state index in [0.29, 0.717) is 37.4 Å². The fourth-order valence-electron chi connectivity index (χ4n) is 3.62. The van der Waals surface area contributed by atoms with Crippen LogP contribution in [0.25, 0.3) is 5.65 Å². The Bertz CT molecular complexity index is 1100. The van der Waals surface area contributed by atoms with E-state index in [1.807, 2.05) is 36.7 Å². The van der Waals surface area contributed by atoms with Gasteiger partial charge in [0, 0.05) is 25.0 Å². The lowest BCUT2D eigenvalue weighted by Gasteiger charge is -2.20. The molecule has 3 aromatic rings. The molecule has 8 heteroatoms. The van der Waals surface area contributed by atoms with Crippen LogP contribution in [0, 0.1) is 6.92 Å². The van der Waals surface area contributed by atoms with Gasteiger partial charge in [0.05, 0.1) is 24.0 Å². The second kappa shape index (κ2) is 7.20. The van der Waals surface area contributed by atoms with Crippen LogP contribution in [0.2, 0.25) is 0 Å². The van der Waals surface area contributed by atoms with Crippen molar-refractivity contribution in [3.05, 3.63) is 63.5 Å². The van der Waals surface area contributed by atoms with Crippen molar-refractivity contribution in [2.45, 2.75) is 45.9 Å². The van der Waals surface area contributed by atoms with Crippen LogP contribution < -0.4 is 5.56 Å². The lowest BCUT2D eigenvalue weighted by Crippen LogP contribution is -2.36. The second-order valence-corrected chi connectivity index (χ2v) is 7.13. The lowest BCUT2D eigenvalue weighted by molar-refractivity contribution is 0.0743. The third kappa shape index (κ3) is 3.09. The van der Waals surface area contributed by atoms with E-state index in [2.05, 4.69) is 10.1 Å². The molecular weight excluding hydrogens is 358 g/mol. The van der Waals surface area contributed by atoms with Crippen LogP contribution in [-0.4, -0.2) is 41.6 Å². The molecule has 28 heavy (non-hydrogen) atoms. The molecule has 1 N–H and O–H groups in total. The van der Waals surface area contributed by atoms with Crippen LogP contribution >= 0.6 is 0 Å². The zero-order valence-electron chi connectivity index (χ0n) is 16.0. The first-order valence-electron chi connectivity index (χ1n) is 9.51. The maximum absolute atomic E-state index is 13.1. The zero-order valence-corrected chi connectivity index (χ0v) is 16.0. The van der Waals surface area contributed by atoms with Gasteiger partial charge in [-0.3, -0.25) is 18.7 Å². The summed E-state index contributed by atoms with van der Waals surface area (Å²) in [7, 11) is 0. The maximum Gasteiger partial charge on any atom is 0.270 e. The summed E-state index contributed by atoms with van der Waals surface area (Å²) in [6, 6.07) is 7.23. The normalized spacial score (nSPS) is 15.3. The third-order valence-electron chi connectivity index (χ3n) is 5.20. The standard InChI is InChI=1S/C20H23N5O3/c1-3-17(26)16-10-14-12-23(8-5-9-24(14)22-16)19(27)15-11-21-18-7-4-6-13(2)25(18)20(15)28/h4,6-7,10-11,17,26H,3,5,8-9,12H2,1-2H3. The molecule has 146 valence electrons. The first-order chi connectivity index (χ1) is 13.5. The summed E-state index contributed by atoms with van der Waals surface area (Å²) in [6.07, 6.45) is 2.07. The van der Waals surface area contributed by atoms with Gasteiger partial charge in [-0.15, -0.1) is 0 Å². The van der Waals surface area contributed by atoms with Gasteiger partial charge in [0.25, 0.3) is 11.5 Å². The minimum atomic E-state index is -0.610. The fourth-order valence-corrected chi connectivity index (χ4v) is 3.62. The van der Waals surface area contributed by atoms with Gasteiger partial charge < -0.3 is 10.0 Å². The highest BCUT2D eigenvalue weighted by molar-refractivity contribution is 5.93. The van der Waals surface area contributed by atoms with Gasteiger partial charge in [-0.2, -0.15) is 5.10 Å². The highest BCUT2D eigenvalue weighted by atomic mass is 16.3. The Morgan fingerprint density at radius 1 is 1.32 bits per heavy atom. The number of carbonyl (C=O) groups is 1. The van der Waals surface area contributed by atoms with Crippen molar-refractivity contribution in [1.29, 1.82) is 0 Å². The number of aromatic nitrogens is 4. The van der Waals surface area contributed by atoms with E-state index in [0.717, 1.165) is 17.8 Å². The maximum atomic E-state index is 13.1. The first-order valence-corrected chi connectivity index (χ1v) is 9.51. The Hall–Kier alpha value is -3.00. The molecule has 0 saturated carbocycles. The predicted octanol–water partition coefficient (Wildman–Crippen LogP) is 1.69. The molecule has 0 bridgehead atoms. The number of amides is 1. The first kappa shape index (κ1) is 18.4. The van der Waals surface area contributed by atoms with Gasteiger partial charge in [0.1, 0.15) is 11.2 Å². The number of pyridine rings is 1. The molecule has 4 heterocycles. The van der Waals surface area contributed by atoms with Crippen molar-refractivity contribution in [2.24, 2.45) is 0 Å². The van der Waals surface area contributed by atoms with Gasteiger partial charge in [-0.1, -0.05) is 13.0 Å². The molecule has 1 unspecified atom stereocenters. The summed E-state index contributed by atoms with van der Waals surface area (Å²) < 4.78 is 3.31. The highest BCUT2D eigenvalue weighted by Crippen LogP contribution is 2.20. The molecule has 0 aliphatic carbocycles. The molecule has 0 fully saturated rings. The monoisotopic (exact) mass is 381 g/mol. The van der Waals surface area contributed by atoms with Crippen LogP contribution in [0.5, 0.6) is 0 Å². The van der Waals surface area contributed by atoms with E-state index in [9.17, 15) is 14.7 Å². The Labute approximate surface area is 162 Å². The molecule has 0 aromatic carbocycles. The summed E-state index contributed by atoms with van der Waals surface area (Å²) >= 11 is 0. The minimum absolute atomic E-state index is 0.0635. The van der Waals surface area contributed by atoms with Gasteiger partial charge in [-0.05, 0) is 38.0 Å². The smallest absolute Gasteiger partial charge is 0.270 e. The average Bonchev–Trinajstić information content (AvgIpc) is 2.98. The van der Waals surface area contributed by atoms with Crippen LogP contribution in [0.3, 0.4) is 0 Å². The van der Waals surface area contributed by atoms with E-state index in [1.54, 1.807) is 11.0 Å². The van der Waals surface area contributed by atoms with Gasteiger partial charge in [-0.25, -0.2) is 4.98 Å². The molecule has 4 rings (SSSR count). The molecule has 8 nitrogen and oxygen atoms in total.